The van der Waals surface area contributed by atoms with Crippen molar-refractivity contribution >= 4 is 29.9 Å². The number of nitrogens with zero attached hydrogens (tertiary/aromatic N) is 2. The van der Waals surface area contributed by atoms with Crippen molar-refractivity contribution in [1.82, 2.24) is 10.2 Å². The number of halogens is 1. The topological polar surface area (TPSA) is 46.1 Å². The number of hydrogen-bond donors (Lipinski definition) is 1. The van der Waals surface area contributed by atoms with Gasteiger partial charge in [-0.2, -0.15) is 0 Å². The molecule has 0 spiro atoms. The second-order valence-corrected chi connectivity index (χ2v) is 6.82. The standard InChI is InChI=1S/C19H39N3O2.HI/c1-4-5-6-7-8-9-13-23-14-10-12-21-19(20-2)22(3)16-18-11-15-24-17-18;/h18H,4-17H2,1-3H3,(H,20,21);1H. The molecule has 6 heteroatoms. The summed E-state index contributed by atoms with van der Waals surface area (Å²) in [6.45, 7) is 7.70. The van der Waals surface area contributed by atoms with Crippen molar-refractivity contribution in [3.8, 4) is 0 Å². The molecule has 1 N–H and O–H groups in total. The van der Waals surface area contributed by atoms with Crippen LogP contribution in [0.25, 0.3) is 0 Å². The number of nitrogens with one attached hydrogen (secondary N) is 1. The third-order valence-corrected chi connectivity index (χ3v) is 4.52. The number of ether oxygens (including phenoxy) is 2. The van der Waals surface area contributed by atoms with E-state index in [2.05, 4.69) is 29.2 Å². The number of aliphatic imine (C=N–C) groups is 1. The molecule has 1 aliphatic heterocycles. The van der Waals surface area contributed by atoms with Gasteiger partial charge in [0.25, 0.3) is 0 Å². The van der Waals surface area contributed by atoms with Gasteiger partial charge in [-0.25, -0.2) is 0 Å². The summed E-state index contributed by atoms with van der Waals surface area (Å²) in [5, 5.41) is 3.42. The highest BCUT2D eigenvalue weighted by Crippen LogP contribution is 2.13. The fraction of sp³-hybridized carbons (Fsp3) is 0.947. The molecule has 0 radical (unpaired) electrons. The SMILES string of the molecule is CCCCCCCCOCCCNC(=NC)N(C)CC1CCOC1.I. The zero-order chi connectivity index (χ0) is 17.5. The van der Waals surface area contributed by atoms with Gasteiger partial charge in [0.2, 0.25) is 0 Å². The average molecular weight is 469 g/mol. The highest BCUT2D eigenvalue weighted by Gasteiger charge is 2.18. The maximum absolute atomic E-state index is 5.71. The molecule has 1 heterocycles. The van der Waals surface area contributed by atoms with Crippen LogP contribution in [0, 0.1) is 5.92 Å². The quantitative estimate of drug-likeness (QED) is 0.192. The van der Waals surface area contributed by atoms with Crippen molar-refractivity contribution in [1.29, 1.82) is 0 Å². The van der Waals surface area contributed by atoms with Gasteiger partial charge in [-0.15, -0.1) is 24.0 Å². The fourth-order valence-corrected chi connectivity index (χ4v) is 3.05. The van der Waals surface area contributed by atoms with Gasteiger partial charge in [0.15, 0.2) is 5.96 Å². The van der Waals surface area contributed by atoms with Gasteiger partial charge in [-0.05, 0) is 19.3 Å². The predicted octanol–water partition coefficient (Wildman–Crippen LogP) is 3.92. The first-order valence-electron chi connectivity index (χ1n) is 9.85. The van der Waals surface area contributed by atoms with Gasteiger partial charge < -0.3 is 19.7 Å². The monoisotopic (exact) mass is 469 g/mol. The van der Waals surface area contributed by atoms with E-state index in [0.29, 0.717) is 5.92 Å². The predicted molar refractivity (Wildman–Crippen MR) is 117 cm³/mol. The Bertz CT molecular complexity index is 324. The van der Waals surface area contributed by atoms with E-state index >= 15 is 0 Å². The van der Waals surface area contributed by atoms with Crippen LogP contribution in [0.5, 0.6) is 0 Å². The minimum Gasteiger partial charge on any atom is -0.381 e. The second-order valence-electron chi connectivity index (χ2n) is 6.82. The van der Waals surface area contributed by atoms with Crippen LogP contribution in [0.4, 0.5) is 0 Å². The molecule has 1 aliphatic rings. The van der Waals surface area contributed by atoms with Crippen LogP contribution in [0.3, 0.4) is 0 Å². The molecule has 1 unspecified atom stereocenters. The summed E-state index contributed by atoms with van der Waals surface area (Å²) < 4.78 is 11.2. The Morgan fingerprint density at radius 3 is 2.56 bits per heavy atom. The van der Waals surface area contributed by atoms with Crippen molar-refractivity contribution in [2.24, 2.45) is 10.9 Å². The maximum Gasteiger partial charge on any atom is 0.193 e. The molecule has 25 heavy (non-hydrogen) atoms. The van der Waals surface area contributed by atoms with Gasteiger partial charge in [0.1, 0.15) is 0 Å². The van der Waals surface area contributed by atoms with Gasteiger partial charge in [-0.3, -0.25) is 4.99 Å². The summed E-state index contributed by atoms with van der Waals surface area (Å²) in [6, 6.07) is 0. The molecule has 1 saturated heterocycles. The lowest BCUT2D eigenvalue weighted by Crippen LogP contribution is -2.42. The van der Waals surface area contributed by atoms with Crippen LogP contribution in [0.2, 0.25) is 0 Å². The third kappa shape index (κ3) is 12.8. The summed E-state index contributed by atoms with van der Waals surface area (Å²) in [6.07, 6.45) is 10.1. The zero-order valence-electron chi connectivity index (χ0n) is 16.6. The molecule has 0 saturated carbocycles. The Labute approximate surface area is 172 Å². The Morgan fingerprint density at radius 1 is 1.16 bits per heavy atom. The molecule has 0 amide bonds. The van der Waals surface area contributed by atoms with Crippen LogP contribution in [0.1, 0.15) is 58.3 Å². The van der Waals surface area contributed by atoms with Crippen molar-refractivity contribution in [3.05, 3.63) is 0 Å². The largest absolute Gasteiger partial charge is 0.381 e. The summed E-state index contributed by atoms with van der Waals surface area (Å²) in [5.74, 6) is 1.60. The lowest BCUT2D eigenvalue weighted by atomic mass is 10.1. The second kappa shape index (κ2) is 17.3. The highest BCUT2D eigenvalue weighted by molar-refractivity contribution is 14.0. The fourth-order valence-electron chi connectivity index (χ4n) is 3.05. The average Bonchev–Trinajstić information content (AvgIpc) is 3.09. The minimum atomic E-state index is 0. The third-order valence-electron chi connectivity index (χ3n) is 4.52. The molecule has 0 aromatic rings. The van der Waals surface area contributed by atoms with E-state index in [4.69, 9.17) is 9.47 Å². The molecule has 1 atom stereocenters. The highest BCUT2D eigenvalue weighted by atomic mass is 127. The Hall–Kier alpha value is -0.0800. The smallest absolute Gasteiger partial charge is 0.193 e. The lowest BCUT2D eigenvalue weighted by Gasteiger charge is -2.24. The molecular formula is C19H40IN3O2. The van der Waals surface area contributed by atoms with E-state index in [1.807, 2.05) is 7.05 Å². The summed E-state index contributed by atoms with van der Waals surface area (Å²) >= 11 is 0. The number of hydrogen-bond acceptors (Lipinski definition) is 3. The van der Waals surface area contributed by atoms with E-state index in [1.54, 1.807) is 0 Å². The van der Waals surface area contributed by atoms with Crippen molar-refractivity contribution in [2.75, 3.05) is 53.6 Å². The molecule has 1 fully saturated rings. The maximum atomic E-state index is 5.71. The van der Waals surface area contributed by atoms with Gasteiger partial charge in [-0.1, -0.05) is 39.0 Å². The van der Waals surface area contributed by atoms with Crippen LogP contribution < -0.4 is 5.32 Å². The molecule has 0 aliphatic carbocycles. The number of unbranched alkanes of at least 4 members (excludes halogenated alkanes) is 5. The Morgan fingerprint density at radius 2 is 1.88 bits per heavy atom. The van der Waals surface area contributed by atoms with Crippen LogP contribution >= 0.6 is 24.0 Å². The van der Waals surface area contributed by atoms with Crippen molar-refractivity contribution < 1.29 is 9.47 Å². The van der Waals surface area contributed by atoms with E-state index in [-0.39, 0.29) is 24.0 Å². The molecule has 5 nitrogen and oxygen atoms in total. The van der Waals surface area contributed by atoms with Gasteiger partial charge in [0, 0.05) is 52.9 Å². The lowest BCUT2D eigenvalue weighted by molar-refractivity contribution is 0.128. The molecular weight excluding hydrogens is 429 g/mol. The Kier molecular flexibility index (Phi) is 17.3. The van der Waals surface area contributed by atoms with Crippen LogP contribution in [-0.2, 0) is 9.47 Å². The first kappa shape index (κ1) is 24.9. The van der Waals surface area contributed by atoms with Crippen LogP contribution in [-0.4, -0.2) is 64.5 Å². The minimum absolute atomic E-state index is 0. The molecule has 0 aromatic carbocycles. The summed E-state index contributed by atoms with van der Waals surface area (Å²) in [7, 11) is 3.95. The van der Waals surface area contributed by atoms with E-state index < -0.39 is 0 Å². The van der Waals surface area contributed by atoms with Crippen molar-refractivity contribution in [2.45, 2.75) is 58.3 Å². The summed E-state index contributed by atoms with van der Waals surface area (Å²) in [4.78, 5) is 6.57. The molecule has 150 valence electrons. The van der Waals surface area contributed by atoms with Gasteiger partial charge >= 0.3 is 0 Å². The van der Waals surface area contributed by atoms with E-state index in [9.17, 15) is 0 Å². The molecule has 1 rings (SSSR count). The first-order valence-corrected chi connectivity index (χ1v) is 9.85. The normalized spacial score (nSPS) is 17.4. The molecule has 0 bridgehead atoms. The first-order chi connectivity index (χ1) is 11.8. The number of rotatable bonds is 13. The zero-order valence-corrected chi connectivity index (χ0v) is 18.9. The summed E-state index contributed by atoms with van der Waals surface area (Å²) in [5.41, 5.74) is 0. The Balaban J connectivity index is 0.00000576. The van der Waals surface area contributed by atoms with Crippen molar-refractivity contribution in [3.63, 3.8) is 0 Å². The van der Waals surface area contributed by atoms with Gasteiger partial charge in [0.05, 0.1) is 6.61 Å². The number of guanidine groups is 1. The molecule has 0 aromatic heterocycles. The van der Waals surface area contributed by atoms with E-state index in [1.165, 1.54) is 38.5 Å². The van der Waals surface area contributed by atoms with E-state index in [0.717, 1.165) is 58.3 Å². The van der Waals surface area contributed by atoms with Crippen LogP contribution in [0.15, 0.2) is 4.99 Å².